The van der Waals surface area contributed by atoms with Gasteiger partial charge in [-0.05, 0) is 30.5 Å². The van der Waals surface area contributed by atoms with Crippen molar-refractivity contribution in [2.45, 2.75) is 26.2 Å². The zero-order valence-electron chi connectivity index (χ0n) is 13.2. The van der Waals surface area contributed by atoms with Gasteiger partial charge in [0.2, 0.25) is 0 Å². The summed E-state index contributed by atoms with van der Waals surface area (Å²) in [6.07, 6.45) is 5.49. The summed E-state index contributed by atoms with van der Waals surface area (Å²) in [6, 6.07) is 16.8. The van der Waals surface area contributed by atoms with Crippen LogP contribution in [0, 0.1) is 0 Å². The first-order valence-corrected chi connectivity index (χ1v) is 7.60. The molecule has 2 aromatic rings. The summed E-state index contributed by atoms with van der Waals surface area (Å²) < 4.78 is 0. The Labute approximate surface area is 128 Å². The zero-order chi connectivity index (χ0) is 15.1. The lowest BCUT2D eigenvalue weighted by Gasteiger charge is -2.15. The molecule has 0 aliphatic carbocycles. The van der Waals surface area contributed by atoms with Crippen molar-refractivity contribution in [1.82, 2.24) is 0 Å². The van der Waals surface area contributed by atoms with Crippen LogP contribution in [0.2, 0.25) is 0 Å². The number of hydrogen-bond donors (Lipinski definition) is 0. The smallest absolute Gasteiger partial charge is 0.0661 e. The molecule has 0 saturated carbocycles. The van der Waals surface area contributed by atoms with E-state index in [2.05, 4.69) is 74.4 Å². The summed E-state index contributed by atoms with van der Waals surface area (Å²) in [4.78, 5) is 6.84. The predicted molar refractivity (Wildman–Crippen MR) is 93.1 cm³/mol. The third kappa shape index (κ3) is 4.19. The molecule has 0 N–H and O–H groups in total. The Morgan fingerprint density at radius 1 is 1.00 bits per heavy atom. The van der Waals surface area contributed by atoms with Gasteiger partial charge in [0.05, 0.1) is 5.69 Å². The number of nitrogens with zero attached hydrogens (tertiary/aromatic N) is 2. The van der Waals surface area contributed by atoms with Crippen LogP contribution in [-0.4, -0.2) is 20.3 Å². The first kappa shape index (κ1) is 15.3. The molecule has 21 heavy (non-hydrogen) atoms. The molecule has 0 heterocycles. The minimum Gasteiger partial charge on any atom is -0.377 e. The van der Waals surface area contributed by atoms with E-state index in [9.17, 15) is 0 Å². The van der Waals surface area contributed by atoms with E-state index < -0.39 is 0 Å². The van der Waals surface area contributed by atoms with Crippen LogP contribution in [0.4, 0.5) is 11.4 Å². The molecule has 2 aromatic carbocycles. The van der Waals surface area contributed by atoms with Crippen molar-refractivity contribution in [2.75, 3.05) is 19.0 Å². The number of unbranched alkanes of at least 4 members (excludes halogenated alkanes) is 1. The second-order valence-corrected chi connectivity index (χ2v) is 5.44. The van der Waals surface area contributed by atoms with Crippen LogP contribution in [0.15, 0.2) is 53.5 Å². The second kappa shape index (κ2) is 7.63. The topological polar surface area (TPSA) is 15.6 Å². The molecule has 0 unspecified atom stereocenters. The maximum Gasteiger partial charge on any atom is 0.0661 e. The summed E-state index contributed by atoms with van der Waals surface area (Å²) >= 11 is 0. The van der Waals surface area contributed by atoms with Crippen molar-refractivity contribution in [3.63, 3.8) is 0 Å². The average Bonchev–Trinajstić information content (AvgIpc) is 2.52. The van der Waals surface area contributed by atoms with Gasteiger partial charge in [0, 0.05) is 31.6 Å². The number of aliphatic imine (C=N–C) groups is 1. The lowest BCUT2D eigenvalue weighted by Crippen LogP contribution is -2.10. The summed E-state index contributed by atoms with van der Waals surface area (Å²) in [7, 11) is 4.11. The highest BCUT2D eigenvalue weighted by Crippen LogP contribution is 2.22. The largest absolute Gasteiger partial charge is 0.377 e. The Balaban J connectivity index is 2.26. The van der Waals surface area contributed by atoms with E-state index in [1.54, 1.807) is 0 Å². The van der Waals surface area contributed by atoms with Gasteiger partial charge in [0.15, 0.2) is 0 Å². The van der Waals surface area contributed by atoms with Crippen LogP contribution < -0.4 is 4.90 Å². The van der Waals surface area contributed by atoms with E-state index in [1.807, 2.05) is 6.21 Å². The molecule has 0 aromatic heterocycles. The van der Waals surface area contributed by atoms with E-state index in [-0.39, 0.29) is 0 Å². The summed E-state index contributed by atoms with van der Waals surface area (Å²) in [6.45, 7) is 2.22. The van der Waals surface area contributed by atoms with Crippen LogP contribution in [0.3, 0.4) is 0 Å². The molecule has 0 amide bonds. The van der Waals surface area contributed by atoms with Crippen LogP contribution in [0.25, 0.3) is 0 Å². The van der Waals surface area contributed by atoms with Crippen molar-refractivity contribution in [1.29, 1.82) is 0 Å². The quantitative estimate of drug-likeness (QED) is 0.691. The summed E-state index contributed by atoms with van der Waals surface area (Å²) in [5, 5.41) is 0. The number of anilines is 1. The lowest BCUT2D eigenvalue weighted by molar-refractivity contribution is 0.795. The monoisotopic (exact) mass is 280 g/mol. The molecule has 0 radical (unpaired) electrons. The third-order valence-corrected chi connectivity index (χ3v) is 3.55. The van der Waals surface area contributed by atoms with Gasteiger partial charge in [-0.1, -0.05) is 49.7 Å². The Morgan fingerprint density at radius 2 is 1.71 bits per heavy atom. The van der Waals surface area contributed by atoms with Crippen molar-refractivity contribution < 1.29 is 0 Å². The Morgan fingerprint density at radius 3 is 2.48 bits per heavy atom. The number of benzene rings is 2. The molecule has 0 bridgehead atoms. The fourth-order valence-electron chi connectivity index (χ4n) is 2.36. The molecule has 2 nitrogen and oxygen atoms in total. The normalized spacial score (nSPS) is 11.0. The number of hydrogen-bond acceptors (Lipinski definition) is 2. The van der Waals surface area contributed by atoms with Crippen LogP contribution >= 0.6 is 0 Å². The van der Waals surface area contributed by atoms with Gasteiger partial charge in [-0.2, -0.15) is 0 Å². The van der Waals surface area contributed by atoms with Crippen molar-refractivity contribution >= 4 is 17.6 Å². The molecule has 110 valence electrons. The molecule has 0 fully saturated rings. The van der Waals surface area contributed by atoms with E-state index in [1.165, 1.54) is 24.1 Å². The van der Waals surface area contributed by atoms with E-state index in [4.69, 9.17) is 4.99 Å². The van der Waals surface area contributed by atoms with Gasteiger partial charge in [0.1, 0.15) is 0 Å². The van der Waals surface area contributed by atoms with E-state index >= 15 is 0 Å². The van der Waals surface area contributed by atoms with Crippen molar-refractivity contribution in [3.8, 4) is 0 Å². The second-order valence-electron chi connectivity index (χ2n) is 5.44. The van der Waals surface area contributed by atoms with E-state index in [0.29, 0.717) is 0 Å². The lowest BCUT2D eigenvalue weighted by atomic mass is 10.1. The average molecular weight is 280 g/mol. The molecular weight excluding hydrogens is 256 g/mol. The highest BCUT2D eigenvalue weighted by Gasteiger charge is 2.02. The molecule has 2 rings (SSSR count). The first-order valence-electron chi connectivity index (χ1n) is 7.60. The standard InChI is InChI=1S/C19H24N2/c1-4-5-10-16-11-6-8-13-18(16)20-15-17-12-7-9-14-19(17)21(2)3/h6-9,11-15H,4-5,10H2,1-3H3/b20-15-. The number of aryl methyl sites for hydroxylation is 1. The zero-order valence-corrected chi connectivity index (χ0v) is 13.2. The fraction of sp³-hybridized carbons (Fsp3) is 0.316. The highest BCUT2D eigenvalue weighted by atomic mass is 15.1. The number of rotatable bonds is 6. The molecule has 0 spiro atoms. The molecule has 0 aliphatic heterocycles. The predicted octanol–water partition coefficient (Wildman–Crippen LogP) is 4.85. The SMILES string of the molecule is CCCCc1ccccc1/N=C\c1ccccc1N(C)C. The molecule has 0 saturated heterocycles. The van der Waals surface area contributed by atoms with Gasteiger partial charge in [-0.25, -0.2) is 0 Å². The molecule has 0 atom stereocenters. The van der Waals surface area contributed by atoms with Gasteiger partial charge in [0.25, 0.3) is 0 Å². The summed E-state index contributed by atoms with van der Waals surface area (Å²) in [5.74, 6) is 0. The maximum absolute atomic E-state index is 4.72. The molecule has 0 aliphatic rings. The highest BCUT2D eigenvalue weighted by molar-refractivity contribution is 5.89. The number of para-hydroxylation sites is 2. The van der Waals surface area contributed by atoms with Gasteiger partial charge in [-0.15, -0.1) is 0 Å². The first-order chi connectivity index (χ1) is 10.2. The van der Waals surface area contributed by atoms with Crippen LogP contribution in [0.1, 0.15) is 30.9 Å². The minimum absolute atomic E-state index is 1.08. The Hall–Kier alpha value is -2.09. The van der Waals surface area contributed by atoms with Crippen LogP contribution in [-0.2, 0) is 6.42 Å². The summed E-state index contributed by atoms with van der Waals surface area (Å²) in [5.41, 5.74) is 4.75. The van der Waals surface area contributed by atoms with Crippen LogP contribution in [0.5, 0.6) is 0 Å². The van der Waals surface area contributed by atoms with Crippen molar-refractivity contribution in [2.24, 2.45) is 4.99 Å². The van der Waals surface area contributed by atoms with Gasteiger partial charge >= 0.3 is 0 Å². The minimum atomic E-state index is 1.08. The molecular formula is C19H24N2. The maximum atomic E-state index is 4.72. The third-order valence-electron chi connectivity index (χ3n) is 3.55. The van der Waals surface area contributed by atoms with Crippen molar-refractivity contribution in [3.05, 3.63) is 59.7 Å². The fourth-order valence-corrected chi connectivity index (χ4v) is 2.36. The Bertz CT molecular complexity index is 600. The Kier molecular flexibility index (Phi) is 5.56. The van der Waals surface area contributed by atoms with Gasteiger partial charge in [-0.3, -0.25) is 4.99 Å². The molecule has 2 heteroatoms. The van der Waals surface area contributed by atoms with Gasteiger partial charge < -0.3 is 4.90 Å². The van der Waals surface area contributed by atoms with E-state index in [0.717, 1.165) is 17.7 Å².